The molecule has 0 bridgehead atoms. The van der Waals surface area contributed by atoms with E-state index >= 15 is 0 Å². The molecular weight excluding hydrogens is 296 g/mol. The maximum Gasteiger partial charge on any atom is 0.320 e. The fourth-order valence-corrected chi connectivity index (χ4v) is 1.38. The molecule has 1 aromatic rings. The average Bonchev–Trinajstić information content (AvgIpc) is 2.17. The number of hydrogen-bond acceptors (Lipinski definition) is 2. The van der Waals surface area contributed by atoms with Crippen LogP contribution < -0.4 is 5.73 Å². The maximum atomic E-state index is 13.4. The van der Waals surface area contributed by atoms with E-state index in [1.54, 1.807) is 30.3 Å². The van der Waals surface area contributed by atoms with Gasteiger partial charge in [0.25, 0.3) is 5.92 Å². The predicted octanol–water partition coefficient (Wildman–Crippen LogP) is 2.24. The zero-order chi connectivity index (χ0) is 12.2. The largest absolute Gasteiger partial charge is 0.480 e. The van der Waals surface area contributed by atoms with Crippen molar-refractivity contribution in [2.24, 2.45) is 5.73 Å². The highest BCUT2D eigenvalue weighted by Gasteiger charge is 2.34. The van der Waals surface area contributed by atoms with Crippen LogP contribution in [0.3, 0.4) is 0 Å². The van der Waals surface area contributed by atoms with Crippen molar-refractivity contribution in [3.8, 4) is 0 Å². The second kappa shape index (κ2) is 6.66. The van der Waals surface area contributed by atoms with Crippen LogP contribution in [0, 0.1) is 0 Å². The molecule has 96 valence electrons. The lowest BCUT2D eigenvalue weighted by Crippen LogP contribution is -2.37. The van der Waals surface area contributed by atoms with Gasteiger partial charge in [-0.1, -0.05) is 30.3 Å². The standard InChI is InChI=1S/C11H13F2NO2.BrH/c12-11(13,7-9(14)10(15)16)6-8-4-2-1-3-5-8;/h1-5,9H,6-7,14H2,(H,15,16);1H. The molecule has 0 spiro atoms. The molecule has 0 aromatic heterocycles. The van der Waals surface area contributed by atoms with E-state index < -0.39 is 30.8 Å². The minimum Gasteiger partial charge on any atom is -0.480 e. The van der Waals surface area contributed by atoms with E-state index in [1.807, 2.05) is 0 Å². The van der Waals surface area contributed by atoms with Gasteiger partial charge in [-0.05, 0) is 5.56 Å². The molecule has 1 rings (SSSR count). The number of aliphatic carboxylic acids is 1. The molecule has 0 saturated carbocycles. The number of benzene rings is 1. The van der Waals surface area contributed by atoms with Gasteiger partial charge >= 0.3 is 5.97 Å². The fraction of sp³-hybridized carbons (Fsp3) is 0.364. The highest BCUT2D eigenvalue weighted by Crippen LogP contribution is 2.25. The lowest BCUT2D eigenvalue weighted by molar-refractivity contribution is -0.141. The summed E-state index contributed by atoms with van der Waals surface area (Å²) in [7, 11) is 0. The first-order valence-corrected chi connectivity index (χ1v) is 4.81. The van der Waals surface area contributed by atoms with Crippen LogP contribution in [0.25, 0.3) is 0 Å². The monoisotopic (exact) mass is 309 g/mol. The Bertz CT molecular complexity index is 360. The lowest BCUT2D eigenvalue weighted by atomic mass is 10.0. The highest BCUT2D eigenvalue weighted by atomic mass is 79.9. The van der Waals surface area contributed by atoms with Crippen molar-refractivity contribution in [2.45, 2.75) is 24.8 Å². The fourth-order valence-electron chi connectivity index (χ4n) is 1.38. The second-order valence-electron chi connectivity index (χ2n) is 3.67. The van der Waals surface area contributed by atoms with Gasteiger partial charge < -0.3 is 10.8 Å². The summed E-state index contributed by atoms with van der Waals surface area (Å²) in [4.78, 5) is 10.4. The van der Waals surface area contributed by atoms with Gasteiger partial charge in [0, 0.05) is 12.8 Å². The molecule has 1 aromatic carbocycles. The predicted molar refractivity (Wildman–Crippen MR) is 65.6 cm³/mol. The van der Waals surface area contributed by atoms with E-state index in [4.69, 9.17) is 10.8 Å². The molecule has 3 N–H and O–H groups in total. The first-order valence-electron chi connectivity index (χ1n) is 4.81. The summed E-state index contributed by atoms with van der Waals surface area (Å²) in [6, 6.07) is 6.65. The summed E-state index contributed by atoms with van der Waals surface area (Å²) >= 11 is 0. The Morgan fingerprint density at radius 1 is 1.35 bits per heavy atom. The summed E-state index contributed by atoms with van der Waals surface area (Å²) in [5.41, 5.74) is 5.54. The van der Waals surface area contributed by atoms with Crippen molar-refractivity contribution in [3.63, 3.8) is 0 Å². The molecule has 6 heteroatoms. The van der Waals surface area contributed by atoms with Crippen molar-refractivity contribution in [1.29, 1.82) is 0 Å². The Morgan fingerprint density at radius 3 is 2.35 bits per heavy atom. The number of hydrogen-bond donors (Lipinski definition) is 2. The van der Waals surface area contributed by atoms with Crippen LogP contribution in [0.1, 0.15) is 12.0 Å². The molecular formula is C11H14BrF2NO2. The van der Waals surface area contributed by atoms with Crippen LogP contribution in [-0.2, 0) is 11.2 Å². The van der Waals surface area contributed by atoms with Gasteiger partial charge in [0.2, 0.25) is 0 Å². The third-order valence-electron chi connectivity index (χ3n) is 2.14. The van der Waals surface area contributed by atoms with Crippen LogP contribution in [0.15, 0.2) is 30.3 Å². The molecule has 0 radical (unpaired) electrons. The summed E-state index contributed by atoms with van der Waals surface area (Å²) in [6.45, 7) is 0. The van der Waals surface area contributed by atoms with Gasteiger partial charge in [0.15, 0.2) is 0 Å². The van der Waals surface area contributed by atoms with Gasteiger partial charge in [-0.15, -0.1) is 17.0 Å². The summed E-state index contributed by atoms with van der Waals surface area (Å²) in [5.74, 6) is -4.51. The lowest BCUT2D eigenvalue weighted by Gasteiger charge is -2.18. The third-order valence-corrected chi connectivity index (χ3v) is 2.14. The molecule has 0 aliphatic rings. The minimum atomic E-state index is -3.10. The summed E-state index contributed by atoms with van der Waals surface area (Å²) < 4.78 is 26.8. The SMILES string of the molecule is Br.NC(CC(F)(F)Cc1ccccc1)C(=O)O. The number of alkyl halides is 2. The van der Waals surface area contributed by atoms with E-state index in [0.717, 1.165) is 0 Å². The molecule has 0 heterocycles. The average molecular weight is 310 g/mol. The van der Waals surface area contributed by atoms with E-state index in [-0.39, 0.29) is 17.0 Å². The molecule has 0 aliphatic carbocycles. The molecule has 0 amide bonds. The van der Waals surface area contributed by atoms with Crippen LogP contribution in [0.2, 0.25) is 0 Å². The zero-order valence-corrected chi connectivity index (χ0v) is 10.7. The molecule has 17 heavy (non-hydrogen) atoms. The van der Waals surface area contributed by atoms with Crippen LogP contribution in [0.5, 0.6) is 0 Å². The van der Waals surface area contributed by atoms with Gasteiger partial charge in [-0.3, -0.25) is 4.79 Å². The number of rotatable bonds is 5. The molecule has 0 saturated heterocycles. The maximum absolute atomic E-state index is 13.4. The van der Waals surface area contributed by atoms with Crippen LogP contribution in [0.4, 0.5) is 8.78 Å². The van der Waals surface area contributed by atoms with Crippen molar-refractivity contribution in [1.82, 2.24) is 0 Å². The smallest absolute Gasteiger partial charge is 0.320 e. The van der Waals surface area contributed by atoms with Gasteiger partial charge in [0.05, 0.1) is 0 Å². The van der Waals surface area contributed by atoms with Gasteiger partial charge in [0.1, 0.15) is 6.04 Å². The number of nitrogens with two attached hydrogens (primary N) is 1. The third kappa shape index (κ3) is 5.74. The topological polar surface area (TPSA) is 63.3 Å². The van der Waals surface area contributed by atoms with Crippen molar-refractivity contribution >= 4 is 23.0 Å². The highest BCUT2D eigenvalue weighted by molar-refractivity contribution is 8.93. The van der Waals surface area contributed by atoms with Crippen LogP contribution in [-0.4, -0.2) is 23.0 Å². The van der Waals surface area contributed by atoms with Gasteiger partial charge in [-0.25, -0.2) is 8.78 Å². The quantitative estimate of drug-likeness (QED) is 0.877. The van der Waals surface area contributed by atoms with E-state index in [9.17, 15) is 13.6 Å². The van der Waals surface area contributed by atoms with E-state index in [0.29, 0.717) is 5.56 Å². The Labute approximate surface area is 108 Å². The van der Waals surface area contributed by atoms with Crippen molar-refractivity contribution < 1.29 is 18.7 Å². The molecule has 1 atom stereocenters. The summed E-state index contributed by atoms with van der Waals surface area (Å²) in [6.07, 6.45) is -1.34. The Balaban J connectivity index is 0.00000256. The number of halogens is 3. The molecule has 0 fully saturated rings. The molecule has 1 unspecified atom stereocenters. The zero-order valence-electron chi connectivity index (χ0n) is 8.98. The van der Waals surface area contributed by atoms with Crippen molar-refractivity contribution in [3.05, 3.63) is 35.9 Å². The second-order valence-corrected chi connectivity index (χ2v) is 3.67. The Morgan fingerprint density at radius 2 is 1.88 bits per heavy atom. The number of carboxylic acids is 1. The first kappa shape index (κ1) is 16.0. The summed E-state index contributed by atoms with van der Waals surface area (Å²) in [5, 5.41) is 8.45. The molecule has 3 nitrogen and oxygen atoms in total. The first-order chi connectivity index (χ1) is 7.41. The Hall–Kier alpha value is -1.01. The Kier molecular flexibility index (Phi) is 6.26. The number of carboxylic acid groups (broad SMARTS) is 1. The molecule has 0 aliphatic heterocycles. The van der Waals surface area contributed by atoms with Gasteiger partial charge in [-0.2, -0.15) is 0 Å². The number of carbonyl (C=O) groups is 1. The van der Waals surface area contributed by atoms with Crippen LogP contribution >= 0.6 is 17.0 Å². The minimum absolute atomic E-state index is 0. The normalized spacial score (nSPS) is 12.6. The van der Waals surface area contributed by atoms with Crippen molar-refractivity contribution in [2.75, 3.05) is 0 Å². The van der Waals surface area contributed by atoms with E-state index in [2.05, 4.69) is 0 Å². The van der Waals surface area contributed by atoms with E-state index in [1.165, 1.54) is 0 Å².